The number of hydrogen-bond donors (Lipinski definition) is 0. The van der Waals surface area contributed by atoms with Crippen LogP contribution in [-0.2, 0) is 24.2 Å². The van der Waals surface area contributed by atoms with Crippen molar-refractivity contribution in [3.8, 4) is 0 Å². The first kappa shape index (κ1) is 16.4. The van der Waals surface area contributed by atoms with Crippen molar-refractivity contribution in [1.82, 2.24) is 14.5 Å². The maximum absolute atomic E-state index is 12.6. The van der Waals surface area contributed by atoms with Crippen LogP contribution in [0.4, 0.5) is 0 Å². The highest BCUT2D eigenvalue weighted by Crippen LogP contribution is 2.16. The molecule has 1 amide bonds. The van der Waals surface area contributed by atoms with Gasteiger partial charge >= 0.3 is 5.69 Å². The molecule has 5 heteroatoms. The second kappa shape index (κ2) is 6.99. The number of benzene rings is 1. The van der Waals surface area contributed by atoms with E-state index in [1.165, 1.54) is 11.1 Å². The molecular formula is C19H23N3O2. The molecule has 0 saturated carbocycles. The van der Waals surface area contributed by atoms with Gasteiger partial charge in [-0.2, -0.15) is 4.98 Å². The molecule has 1 aromatic carbocycles. The van der Waals surface area contributed by atoms with Crippen LogP contribution in [0.1, 0.15) is 28.9 Å². The van der Waals surface area contributed by atoms with Crippen LogP contribution < -0.4 is 5.69 Å². The highest BCUT2D eigenvalue weighted by Gasteiger charge is 2.18. The van der Waals surface area contributed by atoms with Gasteiger partial charge in [0.25, 0.3) is 0 Å². The fraction of sp³-hybridized carbons (Fsp3) is 0.421. The van der Waals surface area contributed by atoms with Gasteiger partial charge in [-0.05, 0) is 43.9 Å². The molecule has 0 bridgehead atoms. The molecule has 0 spiro atoms. The summed E-state index contributed by atoms with van der Waals surface area (Å²) in [6.07, 6.45) is 2.13. The fourth-order valence-corrected chi connectivity index (χ4v) is 3.33. The van der Waals surface area contributed by atoms with Crippen molar-refractivity contribution in [2.24, 2.45) is 0 Å². The topological polar surface area (TPSA) is 55.2 Å². The van der Waals surface area contributed by atoms with Gasteiger partial charge in [0, 0.05) is 37.4 Å². The minimum atomic E-state index is -0.274. The zero-order valence-corrected chi connectivity index (χ0v) is 14.3. The van der Waals surface area contributed by atoms with Gasteiger partial charge < -0.3 is 4.90 Å². The Hall–Kier alpha value is -2.43. The summed E-state index contributed by atoms with van der Waals surface area (Å²) in [4.78, 5) is 30.4. The molecule has 2 heterocycles. The predicted octanol–water partition coefficient (Wildman–Crippen LogP) is 1.88. The van der Waals surface area contributed by atoms with E-state index in [1.54, 1.807) is 11.5 Å². The third-order valence-electron chi connectivity index (χ3n) is 4.67. The largest absolute Gasteiger partial charge is 0.347 e. The normalized spacial score (nSPS) is 14.2. The van der Waals surface area contributed by atoms with Crippen molar-refractivity contribution in [3.63, 3.8) is 0 Å². The Morgan fingerprint density at radius 1 is 1.12 bits per heavy atom. The lowest BCUT2D eigenvalue weighted by atomic mass is 10.0. The van der Waals surface area contributed by atoms with Gasteiger partial charge in [0.2, 0.25) is 5.91 Å². The van der Waals surface area contributed by atoms with Crippen LogP contribution in [0.25, 0.3) is 0 Å². The van der Waals surface area contributed by atoms with E-state index in [0.717, 1.165) is 31.6 Å². The Morgan fingerprint density at radius 3 is 2.33 bits per heavy atom. The average molecular weight is 325 g/mol. The molecule has 1 aliphatic rings. The van der Waals surface area contributed by atoms with E-state index in [4.69, 9.17) is 0 Å². The van der Waals surface area contributed by atoms with Crippen molar-refractivity contribution in [1.29, 1.82) is 0 Å². The van der Waals surface area contributed by atoms with E-state index in [1.807, 2.05) is 17.9 Å². The number of nitrogens with zero attached hydrogens (tertiary/aromatic N) is 3. The van der Waals surface area contributed by atoms with Crippen LogP contribution in [0.5, 0.6) is 0 Å². The van der Waals surface area contributed by atoms with Crippen molar-refractivity contribution in [2.45, 2.75) is 39.7 Å². The summed E-state index contributed by atoms with van der Waals surface area (Å²) in [6, 6.07) is 10.3. The van der Waals surface area contributed by atoms with Crippen LogP contribution in [0.3, 0.4) is 0 Å². The molecule has 24 heavy (non-hydrogen) atoms. The standard InChI is InChI=1S/C19H23N3O2/c1-14-13-15(2)22(19(24)20-14)12-9-18(23)21-10-7-16-5-3-4-6-17(16)8-11-21/h3-6,13H,7-12H2,1-2H3. The Morgan fingerprint density at radius 2 is 1.75 bits per heavy atom. The highest BCUT2D eigenvalue weighted by molar-refractivity contribution is 5.76. The number of amides is 1. The molecule has 0 aliphatic carbocycles. The Bertz CT molecular complexity index is 783. The summed E-state index contributed by atoms with van der Waals surface area (Å²) in [6.45, 7) is 5.56. The quantitative estimate of drug-likeness (QED) is 0.866. The molecule has 126 valence electrons. The molecule has 0 fully saturated rings. The molecule has 0 N–H and O–H groups in total. The summed E-state index contributed by atoms with van der Waals surface area (Å²) in [5.41, 5.74) is 3.96. The van der Waals surface area contributed by atoms with Crippen LogP contribution in [-0.4, -0.2) is 33.4 Å². The van der Waals surface area contributed by atoms with E-state index in [-0.39, 0.29) is 11.6 Å². The smallest absolute Gasteiger partial charge is 0.342 e. The number of aryl methyl sites for hydroxylation is 2. The first-order chi connectivity index (χ1) is 11.5. The second-order valence-electron chi connectivity index (χ2n) is 6.37. The maximum Gasteiger partial charge on any atom is 0.347 e. The first-order valence-electron chi connectivity index (χ1n) is 8.44. The van der Waals surface area contributed by atoms with E-state index >= 15 is 0 Å². The summed E-state index contributed by atoms with van der Waals surface area (Å²) < 4.78 is 1.58. The van der Waals surface area contributed by atoms with Gasteiger partial charge in [-0.1, -0.05) is 24.3 Å². The van der Waals surface area contributed by atoms with Gasteiger partial charge in [-0.25, -0.2) is 4.79 Å². The summed E-state index contributed by atoms with van der Waals surface area (Å²) in [5.74, 6) is 0.106. The highest BCUT2D eigenvalue weighted by atomic mass is 16.2. The minimum Gasteiger partial charge on any atom is -0.342 e. The van der Waals surface area contributed by atoms with Gasteiger partial charge in [0.1, 0.15) is 0 Å². The Labute approximate surface area is 141 Å². The van der Waals surface area contributed by atoms with E-state index in [0.29, 0.717) is 18.7 Å². The number of carbonyl (C=O) groups is 1. The number of aromatic nitrogens is 2. The zero-order valence-electron chi connectivity index (χ0n) is 14.3. The van der Waals surface area contributed by atoms with Crippen LogP contribution in [0, 0.1) is 13.8 Å². The molecule has 0 unspecified atom stereocenters. The van der Waals surface area contributed by atoms with Gasteiger partial charge in [-0.15, -0.1) is 0 Å². The summed E-state index contributed by atoms with van der Waals surface area (Å²) in [7, 11) is 0. The Balaban J connectivity index is 1.63. The zero-order chi connectivity index (χ0) is 17.1. The lowest BCUT2D eigenvalue weighted by Crippen LogP contribution is -2.35. The third-order valence-corrected chi connectivity index (χ3v) is 4.67. The first-order valence-corrected chi connectivity index (χ1v) is 8.44. The third kappa shape index (κ3) is 3.55. The van der Waals surface area contributed by atoms with Gasteiger partial charge in [0.05, 0.1) is 0 Å². The van der Waals surface area contributed by atoms with Crippen LogP contribution in [0.15, 0.2) is 35.1 Å². The molecule has 1 aliphatic heterocycles. The number of fused-ring (bicyclic) bond motifs is 1. The molecule has 0 saturated heterocycles. The van der Waals surface area contributed by atoms with Crippen molar-refractivity contribution >= 4 is 5.91 Å². The summed E-state index contributed by atoms with van der Waals surface area (Å²) >= 11 is 0. The predicted molar refractivity (Wildman–Crippen MR) is 93.0 cm³/mol. The number of hydrogen-bond acceptors (Lipinski definition) is 3. The number of carbonyl (C=O) groups excluding carboxylic acids is 1. The van der Waals surface area contributed by atoms with Gasteiger partial charge in [0.15, 0.2) is 0 Å². The summed E-state index contributed by atoms with van der Waals surface area (Å²) in [5, 5.41) is 0. The molecular weight excluding hydrogens is 302 g/mol. The van der Waals surface area contributed by atoms with E-state index in [2.05, 4.69) is 29.2 Å². The monoisotopic (exact) mass is 325 g/mol. The second-order valence-corrected chi connectivity index (χ2v) is 6.37. The van der Waals surface area contributed by atoms with Gasteiger partial charge in [-0.3, -0.25) is 9.36 Å². The lowest BCUT2D eigenvalue weighted by molar-refractivity contribution is -0.131. The molecule has 0 radical (unpaired) electrons. The molecule has 5 nitrogen and oxygen atoms in total. The Kier molecular flexibility index (Phi) is 4.79. The van der Waals surface area contributed by atoms with E-state index in [9.17, 15) is 9.59 Å². The van der Waals surface area contributed by atoms with Crippen molar-refractivity contribution < 1.29 is 4.79 Å². The van der Waals surface area contributed by atoms with Crippen LogP contribution in [0.2, 0.25) is 0 Å². The SMILES string of the molecule is Cc1cc(C)n(CCC(=O)N2CCc3ccccc3CC2)c(=O)n1. The number of rotatable bonds is 3. The lowest BCUT2D eigenvalue weighted by Gasteiger charge is -2.20. The minimum absolute atomic E-state index is 0.106. The van der Waals surface area contributed by atoms with Crippen molar-refractivity contribution in [2.75, 3.05) is 13.1 Å². The average Bonchev–Trinajstić information content (AvgIpc) is 2.76. The van der Waals surface area contributed by atoms with Crippen LogP contribution >= 0.6 is 0 Å². The van der Waals surface area contributed by atoms with Crippen molar-refractivity contribution in [3.05, 3.63) is 63.3 Å². The fourth-order valence-electron chi connectivity index (χ4n) is 3.33. The maximum atomic E-state index is 12.6. The molecule has 1 aromatic heterocycles. The molecule has 0 atom stereocenters. The molecule has 2 aromatic rings. The molecule has 3 rings (SSSR count). The van der Waals surface area contributed by atoms with E-state index < -0.39 is 0 Å².